The Hall–Kier alpha value is -2.82. The molecule has 0 radical (unpaired) electrons. The summed E-state index contributed by atoms with van der Waals surface area (Å²) < 4.78 is 24.9. The number of amides is 2. The van der Waals surface area contributed by atoms with Crippen LogP contribution in [-0.2, 0) is 9.47 Å². The van der Waals surface area contributed by atoms with Gasteiger partial charge in [0.25, 0.3) is 0 Å². The molecule has 2 fully saturated rings. The summed E-state index contributed by atoms with van der Waals surface area (Å²) in [5, 5.41) is 3.58. The number of benzene rings is 1. The first-order valence-corrected chi connectivity index (χ1v) is 10.0. The van der Waals surface area contributed by atoms with Crippen molar-refractivity contribution in [3.05, 3.63) is 24.0 Å². The molecule has 1 N–H and O–H groups in total. The lowest BCUT2D eigenvalue weighted by atomic mass is 10.2. The molecule has 0 bridgehead atoms. The van der Waals surface area contributed by atoms with Crippen LogP contribution in [0.15, 0.2) is 18.2 Å². The number of nitrogens with one attached hydrogen (secondary N) is 1. The number of cyclic esters (lactones) is 1. The van der Waals surface area contributed by atoms with Gasteiger partial charge in [-0.2, -0.15) is 0 Å². The molecule has 2 aliphatic heterocycles. The highest BCUT2D eigenvalue weighted by Gasteiger charge is 2.33. The van der Waals surface area contributed by atoms with Crippen molar-refractivity contribution < 1.29 is 23.5 Å². The lowest BCUT2D eigenvalue weighted by Crippen LogP contribution is -2.49. The maximum absolute atomic E-state index is 14.8. The Morgan fingerprint density at radius 1 is 1.33 bits per heavy atom. The Bertz CT molecular complexity index is 816. The van der Waals surface area contributed by atoms with Gasteiger partial charge in [0, 0.05) is 40.3 Å². The SMILES string of the molecule is COC(=O)N1CCN(c2ccc(N3C[C@H](CNC(=S)N(C)C)OC3=O)cc2F)CC1. The number of piperazine rings is 1. The molecule has 0 unspecified atom stereocenters. The molecule has 0 aliphatic carbocycles. The molecule has 30 heavy (non-hydrogen) atoms. The quantitative estimate of drug-likeness (QED) is 0.707. The largest absolute Gasteiger partial charge is 0.453 e. The van der Waals surface area contributed by atoms with Crippen LogP contribution in [0, 0.1) is 5.82 Å². The number of carbonyl (C=O) groups is 2. The zero-order valence-electron chi connectivity index (χ0n) is 17.3. The van der Waals surface area contributed by atoms with Gasteiger partial charge in [0.1, 0.15) is 11.9 Å². The number of ether oxygens (including phenoxy) is 2. The van der Waals surface area contributed by atoms with E-state index in [-0.39, 0.29) is 12.2 Å². The van der Waals surface area contributed by atoms with E-state index in [1.165, 1.54) is 18.1 Å². The number of nitrogens with zero attached hydrogens (tertiary/aromatic N) is 4. The Labute approximate surface area is 180 Å². The third-order valence-corrected chi connectivity index (χ3v) is 5.57. The fourth-order valence-corrected chi connectivity index (χ4v) is 3.46. The van der Waals surface area contributed by atoms with Crippen LogP contribution in [0.4, 0.5) is 25.4 Å². The van der Waals surface area contributed by atoms with Crippen molar-refractivity contribution >= 4 is 40.9 Å². The van der Waals surface area contributed by atoms with Gasteiger partial charge in [-0.1, -0.05) is 0 Å². The fraction of sp³-hybridized carbons (Fsp3) is 0.526. The fourth-order valence-electron chi connectivity index (χ4n) is 3.38. The molecular weight excluding hydrogens is 413 g/mol. The molecule has 3 rings (SSSR count). The summed E-state index contributed by atoms with van der Waals surface area (Å²) in [6, 6.07) is 4.69. The molecule has 1 atom stereocenters. The van der Waals surface area contributed by atoms with E-state index >= 15 is 0 Å². The summed E-state index contributed by atoms with van der Waals surface area (Å²) in [5.41, 5.74) is 0.873. The van der Waals surface area contributed by atoms with Crippen molar-refractivity contribution in [2.75, 3.05) is 70.3 Å². The van der Waals surface area contributed by atoms with Gasteiger partial charge in [0.15, 0.2) is 5.11 Å². The normalized spacial score (nSPS) is 18.9. The molecule has 2 amide bonds. The predicted molar refractivity (Wildman–Crippen MR) is 114 cm³/mol. The zero-order valence-corrected chi connectivity index (χ0v) is 18.1. The van der Waals surface area contributed by atoms with Crippen molar-refractivity contribution in [3.63, 3.8) is 0 Å². The molecule has 2 saturated heterocycles. The lowest BCUT2D eigenvalue weighted by Gasteiger charge is -2.35. The molecule has 2 aliphatic rings. The van der Waals surface area contributed by atoms with Gasteiger partial charge >= 0.3 is 12.2 Å². The highest BCUT2D eigenvalue weighted by molar-refractivity contribution is 7.80. The minimum Gasteiger partial charge on any atom is -0.453 e. The molecule has 0 spiro atoms. The second-order valence-electron chi connectivity index (χ2n) is 7.28. The first-order valence-electron chi connectivity index (χ1n) is 9.61. The lowest BCUT2D eigenvalue weighted by molar-refractivity contribution is 0.121. The van der Waals surface area contributed by atoms with Crippen LogP contribution in [0.1, 0.15) is 0 Å². The second kappa shape index (κ2) is 9.33. The zero-order chi connectivity index (χ0) is 21.8. The first kappa shape index (κ1) is 21.9. The van der Waals surface area contributed by atoms with Crippen molar-refractivity contribution in [1.29, 1.82) is 0 Å². The number of halogens is 1. The van der Waals surface area contributed by atoms with Crippen LogP contribution in [0.3, 0.4) is 0 Å². The van der Waals surface area contributed by atoms with Crippen LogP contribution in [0.25, 0.3) is 0 Å². The van der Waals surface area contributed by atoms with Gasteiger partial charge in [0.05, 0.1) is 31.6 Å². The topological polar surface area (TPSA) is 77.6 Å². The summed E-state index contributed by atoms with van der Waals surface area (Å²) in [6.45, 7) is 2.58. The number of thiocarbonyl (C=S) groups is 1. The van der Waals surface area contributed by atoms with Gasteiger partial charge in [-0.15, -0.1) is 0 Å². The number of hydrogen-bond acceptors (Lipinski definition) is 6. The number of carbonyl (C=O) groups excluding carboxylic acids is 2. The summed E-state index contributed by atoms with van der Waals surface area (Å²) >= 11 is 5.16. The minimum absolute atomic E-state index is 0.304. The smallest absolute Gasteiger partial charge is 0.414 e. The van der Waals surface area contributed by atoms with Crippen LogP contribution >= 0.6 is 12.2 Å². The molecule has 1 aromatic rings. The summed E-state index contributed by atoms with van der Waals surface area (Å²) in [7, 11) is 4.98. The molecule has 9 nitrogen and oxygen atoms in total. The highest BCUT2D eigenvalue weighted by Crippen LogP contribution is 2.28. The Morgan fingerprint density at radius 3 is 2.63 bits per heavy atom. The van der Waals surface area contributed by atoms with Crippen LogP contribution < -0.4 is 15.1 Å². The first-order chi connectivity index (χ1) is 14.3. The number of rotatable bonds is 4. The second-order valence-corrected chi connectivity index (χ2v) is 7.66. The van der Waals surface area contributed by atoms with Gasteiger partial charge in [-0.05, 0) is 30.4 Å². The average molecular weight is 440 g/mol. The standard InChI is InChI=1S/C19H26FN5O4S/c1-22(2)17(30)21-11-14-12-25(19(27)29-14)13-4-5-16(15(20)10-13)23-6-8-24(9-7-23)18(26)28-3/h4-5,10,14H,6-9,11-12H2,1-3H3,(H,21,30)/t14-/m0/s1. The summed E-state index contributed by atoms with van der Waals surface area (Å²) in [5.74, 6) is -0.429. The monoisotopic (exact) mass is 439 g/mol. The van der Waals surface area contributed by atoms with Crippen molar-refractivity contribution in [2.24, 2.45) is 0 Å². The maximum Gasteiger partial charge on any atom is 0.414 e. The highest BCUT2D eigenvalue weighted by atomic mass is 32.1. The number of methoxy groups -OCH3 is 1. The van der Waals surface area contributed by atoms with E-state index in [4.69, 9.17) is 21.7 Å². The van der Waals surface area contributed by atoms with E-state index in [2.05, 4.69) is 5.32 Å². The van der Waals surface area contributed by atoms with E-state index in [0.717, 1.165) is 0 Å². The minimum atomic E-state index is -0.517. The van der Waals surface area contributed by atoms with Crippen LogP contribution in [0.2, 0.25) is 0 Å². The Morgan fingerprint density at radius 2 is 2.03 bits per heavy atom. The van der Waals surface area contributed by atoms with Crippen LogP contribution in [0.5, 0.6) is 0 Å². The predicted octanol–water partition coefficient (Wildman–Crippen LogP) is 1.48. The van der Waals surface area contributed by atoms with Crippen LogP contribution in [-0.4, -0.2) is 93.7 Å². The molecule has 2 heterocycles. The molecule has 0 saturated carbocycles. The van der Waals surface area contributed by atoms with Gasteiger partial charge in [-0.3, -0.25) is 4.90 Å². The Kier molecular flexibility index (Phi) is 6.80. The van der Waals surface area contributed by atoms with E-state index in [1.807, 2.05) is 19.0 Å². The third kappa shape index (κ3) is 4.84. The average Bonchev–Trinajstić information content (AvgIpc) is 3.12. The molecule has 11 heteroatoms. The van der Waals surface area contributed by atoms with E-state index in [1.54, 1.807) is 21.9 Å². The maximum atomic E-state index is 14.8. The van der Waals surface area contributed by atoms with Gasteiger partial charge < -0.3 is 29.5 Å². The third-order valence-electron chi connectivity index (χ3n) is 5.06. The van der Waals surface area contributed by atoms with Crippen molar-refractivity contribution in [1.82, 2.24) is 15.1 Å². The van der Waals surface area contributed by atoms with Crippen molar-refractivity contribution in [2.45, 2.75) is 6.10 Å². The number of anilines is 2. The molecular formula is C19H26FN5O4S. The van der Waals surface area contributed by atoms with Gasteiger partial charge in [0.2, 0.25) is 0 Å². The molecule has 0 aromatic heterocycles. The van der Waals surface area contributed by atoms with E-state index in [0.29, 0.717) is 55.8 Å². The number of hydrogen-bond donors (Lipinski definition) is 1. The van der Waals surface area contributed by atoms with Crippen molar-refractivity contribution in [3.8, 4) is 0 Å². The summed E-state index contributed by atoms with van der Waals surface area (Å²) in [4.78, 5) is 30.4. The van der Waals surface area contributed by atoms with Gasteiger partial charge in [-0.25, -0.2) is 14.0 Å². The van der Waals surface area contributed by atoms with E-state index < -0.39 is 11.9 Å². The van der Waals surface area contributed by atoms with E-state index in [9.17, 15) is 14.0 Å². The molecule has 164 valence electrons. The summed E-state index contributed by atoms with van der Waals surface area (Å²) in [6.07, 6.45) is -1.28. The molecule has 1 aromatic carbocycles. The Balaban J connectivity index is 1.61.